The van der Waals surface area contributed by atoms with Gasteiger partial charge in [0.05, 0.1) is 13.4 Å². The Morgan fingerprint density at radius 2 is 1.82 bits per heavy atom. The number of methoxy groups -OCH3 is 2. The molecule has 0 aliphatic rings. The molecule has 9 heteroatoms. The zero-order valence-corrected chi connectivity index (χ0v) is 20.2. The van der Waals surface area contributed by atoms with Crippen LogP contribution in [0.25, 0.3) is 6.08 Å². The van der Waals surface area contributed by atoms with Crippen LogP contribution in [0.5, 0.6) is 17.2 Å². The van der Waals surface area contributed by atoms with Gasteiger partial charge in [-0.1, -0.05) is 29.9 Å². The van der Waals surface area contributed by atoms with Crippen molar-refractivity contribution < 1.29 is 32.5 Å². The fourth-order valence-corrected chi connectivity index (χ4v) is 3.53. The Hall–Kier alpha value is -3.30. The Balaban J connectivity index is 2.44. The van der Waals surface area contributed by atoms with Gasteiger partial charge >= 0.3 is 0 Å². The molecule has 2 N–H and O–H groups in total. The number of nitrogens with one attached hydrogen (secondary N) is 1. The predicted molar refractivity (Wildman–Crippen MR) is 129 cm³/mol. The van der Waals surface area contributed by atoms with Crippen LogP contribution in [0.15, 0.2) is 48.1 Å². The normalized spacial score (nSPS) is 11.3. The Morgan fingerprint density at radius 1 is 1.15 bits per heavy atom. The van der Waals surface area contributed by atoms with Gasteiger partial charge in [-0.25, -0.2) is 8.42 Å². The van der Waals surface area contributed by atoms with Crippen molar-refractivity contribution >= 4 is 27.6 Å². The summed E-state index contributed by atoms with van der Waals surface area (Å²) in [5.74, 6) is -0.0878. The number of ether oxygens (including phenoxy) is 3. The van der Waals surface area contributed by atoms with Crippen LogP contribution in [0.4, 0.5) is 5.69 Å². The molecule has 0 fully saturated rings. The number of sulfonamides is 1. The largest absolute Gasteiger partial charge is 0.507 e. The molecule has 2 aromatic carbocycles. The Morgan fingerprint density at radius 3 is 2.36 bits per heavy atom. The van der Waals surface area contributed by atoms with Gasteiger partial charge in [-0.15, -0.1) is 0 Å². The molecule has 178 valence electrons. The van der Waals surface area contributed by atoms with Crippen molar-refractivity contribution in [3.8, 4) is 17.2 Å². The van der Waals surface area contributed by atoms with Crippen LogP contribution < -0.4 is 14.2 Å². The molecule has 0 unspecified atom stereocenters. The smallest absolute Gasteiger partial charge is 0.229 e. The summed E-state index contributed by atoms with van der Waals surface area (Å²) in [6, 6.07) is 7.93. The van der Waals surface area contributed by atoms with E-state index in [-0.39, 0.29) is 29.6 Å². The molecule has 0 atom stereocenters. The van der Waals surface area contributed by atoms with E-state index < -0.39 is 15.8 Å². The van der Waals surface area contributed by atoms with Gasteiger partial charge in [-0.05, 0) is 44.0 Å². The molecule has 0 amide bonds. The van der Waals surface area contributed by atoms with Crippen molar-refractivity contribution in [2.75, 3.05) is 32.0 Å². The quantitative estimate of drug-likeness (QED) is 0.217. The molecule has 0 bridgehead atoms. The molecule has 0 spiro atoms. The number of benzene rings is 2. The monoisotopic (exact) mass is 475 g/mol. The molecule has 2 aromatic rings. The number of phenolic OH excluding ortho intramolecular Hbond substituents is 1. The van der Waals surface area contributed by atoms with Crippen LogP contribution in [0, 0.1) is 0 Å². The number of allylic oxidation sites excluding steroid dienone is 3. The van der Waals surface area contributed by atoms with E-state index in [1.807, 2.05) is 19.9 Å². The second-order valence-electron chi connectivity index (χ2n) is 7.51. The zero-order valence-electron chi connectivity index (χ0n) is 19.3. The van der Waals surface area contributed by atoms with Crippen molar-refractivity contribution in [3.05, 3.63) is 64.7 Å². The van der Waals surface area contributed by atoms with Crippen LogP contribution >= 0.6 is 0 Å². The van der Waals surface area contributed by atoms with E-state index in [2.05, 4.69) is 4.72 Å². The van der Waals surface area contributed by atoms with Gasteiger partial charge in [0.25, 0.3) is 0 Å². The number of anilines is 1. The van der Waals surface area contributed by atoms with E-state index in [0.29, 0.717) is 23.2 Å². The lowest BCUT2D eigenvalue weighted by Gasteiger charge is -2.18. The standard InChI is InChI=1S/C24H29NO7S/c1-16(2)6-12-19-21(27)14-22(31-4)23(24(19)32-15-30-3)20(26)13-9-17-7-10-18(11-8-17)25-33(5,28)29/h6-11,13-14,25,27H,12,15H2,1-5H3. The van der Waals surface area contributed by atoms with Crippen LogP contribution in [-0.4, -0.2) is 46.6 Å². The van der Waals surface area contributed by atoms with Gasteiger partial charge in [-0.2, -0.15) is 0 Å². The van der Waals surface area contributed by atoms with E-state index in [9.17, 15) is 18.3 Å². The number of phenols is 1. The number of carbonyl (C=O) groups is 1. The summed E-state index contributed by atoms with van der Waals surface area (Å²) in [7, 11) is -0.515. The number of carbonyl (C=O) groups excluding carboxylic acids is 1. The average molecular weight is 476 g/mol. The van der Waals surface area contributed by atoms with Gasteiger partial charge in [-0.3, -0.25) is 9.52 Å². The zero-order chi connectivity index (χ0) is 24.6. The third-order valence-corrected chi connectivity index (χ3v) is 5.07. The van der Waals surface area contributed by atoms with Crippen LogP contribution in [-0.2, 0) is 21.2 Å². The first-order chi connectivity index (χ1) is 15.6. The van der Waals surface area contributed by atoms with Crippen molar-refractivity contribution in [2.45, 2.75) is 20.3 Å². The molecule has 2 rings (SSSR count). The summed E-state index contributed by atoms with van der Waals surface area (Å²) in [6.07, 6.45) is 6.29. The predicted octanol–water partition coefficient (Wildman–Crippen LogP) is 4.16. The number of hydrogen-bond acceptors (Lipinski definition) is 7. The summed E-state index contributed by atoms with van der Waals surface area (Å²) >= 11 is 0. The molecule has 0 saturated heterocycles. The molecule has 0 aromatic heterocycles. The van der Waals surface area contributed by atoms with Crippen molar-refractivity contribution in [1.29, 1.82) is 0 Å². The van der Waals surface area contributed by atoms with E-state index in [1.165, 1.54) is 26.4 Å². The summed E-state index contributed by atoms with van der Waals surface area (Å²) in [5.41, 5.74) is 2.76. The summed E-state index contributed by atoms with van der Waals surface area (Å²) < 4.78 is 41.1. The fraction of sp³-hybridized carbons (Fsp3) is 0.292. The highest BCUT2D eigenvalue weighted by molar-refractivity contribution is 7.92. The number of ketones is 1. The number of hydrogen-bond donors (Lipinski definition) is 2. The van der Waals surface area contributed by atoms with E-state index in [1.54, 1.807) is 30.3 Å². The van der Waals surface area contributed by atoms with E-state index in [4.69, 9.17) is 14.2 Å². The summed E-state index contributed by atoms with van der Waals surface area (Å²) in [5, 5.41) is 10.5. The molecular formula is C24H29NO7S. The summed E-state index contributed by atoms with van der Waals surface area (Å²) in [6.45, 7) is 3.75. The van der Waals surface area contributed by atoms with Crippen molar-refractivity contribution in [1.82, 2.24) is 0 Å². The molecular weight excluding hydrogens is 446 g/mol. The lowest BCUT2D eigenvalue weighted by Crippen LogP contribution is -2.10. The Labute approximate surface area is 194 Å². The third-order valence-electron chi connectivity index (χ3n) is 4.47. The molecule has 0 radical (unpaired) electrons. The minimum Gasteiger partial charge on any atom is -0.507 e. The minimum absolute atomic E-state index is 0.0510. The molecule has 0 heterocycles. The second kappa shape index (κ2) is 11.5. The van der Waals surface area contributed by atoms with Gasteiger partial charge in [0.15, 0.2) is 12.6 Å². The molecule has 33 heavy (non-hydrogen) atoms. The Bertz CT molecular complexity index is 1150. The third kappa shape index (κ3) is 7.65. The molecule has 8 nitrogen and oxygen atoms in total. The number of aromatic hydroxyl groups is 1. The fourth-order valence-electron chi connectivity index (χ4n) is 2.97. The van der Waals surface area contributed by atoms with Gasteiger partial charge < -0.3 is 19.3 Å². The van der Waals surface area contributed by atoms with Gasteiger partial charge in [0.1, 0.15) is 22.8 Å². The van der Waals surface area contributed by atoms with Crippen LogP contribution in [0.3, 0.4) is 0 Å². The molecule has 0 aliphatic heterocycles. The van der Waals surface area contributed by atoms with E-state index in [0.717, 1.165) is 11.8 Å². The van der Waals surface area contributed by atoms with Crippen LogP contribution in [0.1, 0.15) is 35.3 Å². The second-order valence-corrected chi connectivity index (χ2v) is 9.26. The highest BCUT2D eigenvalue weighted by Crippen LogP contribution is 2.40. The maximum Gasteiger partial charge on any atom is 0.229 e. The number of rotatable bonds is 11. The maximum absolute atomic E-state index is 13.2. The topological polar surface area (TPSA) is 111 Å². The highest BCUT2D eigenvalue weighted by Gasteiger charge is 2.24. The Kier molecular flexibility index (Phi) is 9.07. The first-order valence-corrected chi connectivity index (χ1v) is 11.9. The van der Waals surface area contributed by atoms with Crippen molar-refractivity contribution in [2.24, 2.45) is 0 Å². The lowest BCUT2D eigenvalue weighted by molar-refractivity contribution is 0.0494. The van der Waals surface area contributed by atoms with Crippen LogP contribution in [0.2, 0.25) is 0 Å². The molecule has 0 aliphatic carbocycles. The first-order valence-electron chi connectivity index (χ1n) is 10.0. The SMILES string of the molecule is COCOc1c(CC=C(C)C)c(O)cc(OC)c1C(=O)C=Cc1ccc(NS(C)(=O)=O)cc1. The lowest BCUT2D eigenvalue weighted by atomic mass is 9.99. The highest BCUT2D eigenvalue weighted by atomic mass is 32.2. The van der Waals surface area contributed by atoms with Gasteiger partial charge in [0.2, 0.25) is 10.0 Å². The minimum atomic E-state index is -3.37. The van der Waals surface area contributed by atoms with E-state index >= 15 is 0 Å². The maximum atomic E-state index is 13.2. The molecule has 0 saturated carbocycles. The first kappa shape index (κ1) is 26.0. The van der Waals surface area contributed by atoms with Crippen molar-refractivity contribution in [3.63, 3.8) is 0 Å². The summed E-state index contributed by atoms with van der Waals surface area (Å²) in [4.78, 5) is 13.2. The van der Waals surface area contributed by atoms with Gasteiger partial charge in [0, 0.05) is 24.4 Å². The average Bonchev–Trinajstić information content (AvgIpc) is 2.74.